The van der Waals surface area contributed by atoms with Gasteiger partial charge >= 0.3 is 0 Å². The van der Waals surface area contributed by atoms with Crippen molar-refractivity contribution in [2.45, 2.75) is 6.04 Å². The summed E-state index contributed by atoms with van der Waals surface area (Å²) in [7, 11) is 5.49. The Morgan fingerprint density at radius 2 is 1.96 bits per heavy atom. The lowest BCUT2D eigenvalue weighted by atomic mass is 10.1. The summed E-state index contributed by atoms with van der Waals surface area (Å²) in [5, 5.41) is 2.82. The number of hydrogen-bond acceptors (Lipinski definition) is 4. The number of nitrogens with one attached hydrogen (secondary N) is 1. The Morgan fingerprint density at radius 3 is 2.64 bits per heavy atom. The lowest BCUT2D eigenvalue weighted by Gasteiger charge is -2.25. The highest BCUT2D eigenvalue weighted by molar-refractivity contribution is 5.77. The third-order valence-corrected chi connectivity index (χ3v) is 3.79. The van der Waals surface area contributed by atoms with Crippen molar-refractivity contribution in [3.8, 4) is 11.5 Å². The molecule has 0 radical (unpaired) electrons. The maximum Gasteiger partial charge on any atom is 0.258 e. The van der Waals surface area contributed by atoms with E-state index in [1.54, 1.807) is 19.2 Å². The van der Waals surface area contributed by atoms with Gasteiger partial charge in [0.05, 0.1) is 13.2 Å². The van der Waals surface area contributed by atoms with Gasteiger partial charge in [-0.25, -0.2) is 4.39 Å². The molecule has 1 amide bonds. The third-order valence-electron chi connectivity index (χ3n) is 3.79. The molecule has 0 spiro atoms. The number of halogens is 1. The number of ether oxygens (including phenoxy) is 2. The Morgan fingerprint density at radius 1 is 1.20 bits per heavy atom. The Hall–Kier alpha value is -2.60. The fourth-order valence-corrected chi connectivity index (χ4v) is 2.41. The fraction of sp³-hybridized carbons (Fsp3) is 0.316. The maximum atomic E-state index is 13.5. The van der Waals surface area contributed by atoms with Crippen molar-refractivity contribution in [2.24, 2.45) is 0 Å². The van der Waals surface area contributed by atoms with E-state index in [9.17, 15) is 9.18 Å². The average Bonchev–Trinajstić information content (AvgIpc) is 2.61. The van der Waals surface area contributed by atoms with E-state index in [0.29, 0.717) is 6.54 Å². The summed E-state index contributed by atoms with van der Waals surface area (Å²) in [6, 6.07) is 13.7. The molecule has 2 aromatic carbocycles. The molecule has 1 unspecified atom stereocenters. The van der Waals surface area contributed by atoms with Crippen molar-refractivity contribution in [1.82, 2.24) is 10.2 Å². The molecule has 2 aromatic rings. The molecule has 1 atom stereocenters. The first-order chi connectivity index (χ1) is 12.0. The van der Waals surface area contributed by atoms with Crippen LogP contribution in [0.15, 0.2) is 48.5 Å². The van der Waals surface area contributed by atoms with Crippen molar-refractivity contribution in [3.63, 3.8) is 0 Å². The number of amides is 1. The third kappa shape index (κ3) is 5.46. The van der Waals surface area contributed by atoms with Gasteiger partial charge in [-0.1, -0.05) is 24.3 Å². The molecule has 25 heavy (non-hydrogen) atoms. The zero-order valence-electron chi connectivity index (χ0n) is 14.7. The van der Waals surface area contributed by atoms with Crippen molar-refractivity contribution >= 4 is 5.91 Å². The van der Waals surface area contributed by atoms with Gasteiger partial charge in [-0.2, -0.15) is 0 Å². The van der Waals surface area contributed by atoms with Crippen LogP contribution in [0.25, 0.3) is 0 Å². The molecule has 2 rings (SSSR count). The van der Waals surface area contributed by atoms with E-state index in [4.69, 9.17) is 9.47 Å². The predicted octanol–water partition coefficient (Wildman–Crippen LogP) is 2.63. The molecule has 0 aliphatic rings. The molecule has 0 heterocycles. The zero-order valence-corrected chi connectivity index (χ0v) is 14.7. The van der Waals surface area contributed by atoms with Gasteiger partial charge in [0.25, 0.3) is 5.91 Å². The van der Waals surface area contributed by atoms with Crippen molar-refractivity contribution in [2.75, 3.05) is 34.4 Å². The van der Waals surface area contributed by atoms with E-state index in [0.717, 1.165) is 11.3 Å². The lowest BCUT2D eigenvalue weighted by molar-refractivity contribution is -0.123. The average molecular weight is 346 g/mol. The first kappa shape index (κ1) is 18.7. The Labute approximate surface area is 147 Å². The molecule has 0 saturated carbocycles. The summed E-state index contributed by atoms with van der Waals surface area (Å²) in [5.74, 6) is 0.0315. The Bertz CT molecular complexity index is 707. The van der Waals surface area contributed by atoms with E-state index in [-0.39, 0.29) is 24.3 Å². The molecule has 134 valence electrons. The van der Waals surface area contributed by atoms with E-state index in [2.05, 4.69) is 5.32 Å². The van der Waals surface area contributed by atoms with Crippen LogP contribution in [0.1, 0.15) is 11.6 Å². The second kappa shape index (κ2) is 9.03. The highest BCUT2D eigenvalue weighted by Crippen LogP contribution is 2.22. The van der Waals surface area contributed by atoms with Gasteiger partial charge in [0.15, 0.2) is 18.2 Å². The number of nitrogens with zero attached hydrogens (tertiary/aromatic N) is 1. The van der Waals surface area contributed by atoms with Gasteiger partial charge < -0.3 is 19.7 Å². The van der Waals surface area contributed by atoms with Gasteiger partial charge in [-0.15, -0.1) is 0 Å². The summed E-state index contributed by atoms with van der Waals surface area (Å²) in [6.07, 6.45) is 0. The molecule has 6 heteroatoms. The smallest absolute Gasteiger partial charge is 0.258 e. The van der Waals surface area contributed by atoms with Crippen LogP contribution in [-0.2, 0) is 4.79 Å². The Kier molecular flexibility index (Phi) is 6.77. The van der Waals surface area contributed by atoms with E-state index in [1.807, 2.05) is 43.3 Å². The van der Waals surface area contributed by atoms with Gasteiger partial charge in [0.2, 0.25) is 0 Å². The topological polar surface area (TPSA) is 50.8 Å². The number of hydrogen-bond donors (Lipinski definition) is 1. The summed E-state index contributed by atoms with van der Waals surface area (Å²) >= 11 is 0. The zero-order chi connectivity index (χ0) is 18.2. The highest BCUT2D eigenvalue weighted by Gasteiger charge is 2.16. The molecule has 1 N–H and O–H groups in total. The molecular formula is C19H23FN2O3. The largest absolute Gasteiger partial charge is 0.497 e. The monoisotopic (exact) mass is 346 g/mol. The Balaban J connectivity index is 1.92. The van der Waals surface area contributed by atoms with E-state index in [1.165, 1.54) is 12.1 Å². The fourth-order valence-electron chi connectivity index (χ4n) is 2.41. The normalized spacial score (nSPS) is 11.9. The molecule has 0 fully saturated rings. The number of rotatable bonds is 8. The van der Waals surface area contributed by atoms with Crippen molar-refractivity contribution in [1.29, 1.82) is 0 Å². The number of para-hydroxylation sites is 1. The van der Waals surface area contributed by atoms with Crippen LogP contribution in [0.5, 0.6) is 11.5 Å². The van der Waals surface area contributed by atoms with Gasteiger partial charge in [-0.3, -0.25) is 4.79 Å². The standard InChI is InChI=1S/C19H23FN2O3/c1-22(2)17(14-7-6-8-15(11-14)24-3)12-21-19(23)13-25-18-10-5-4-9-16(18)20/h4-11,17H,12-13H2,1-3H3,(H,21,23). The summed E-state index contributed by atoms with van der Waals surface area (Å²) < 4.78 is 23.9. The molecule has 0 saturated heterocycles. The van der Waals surface area contributed by atoms with Crippen LogP contribution < -0.4 is 14.8 Å². The van der Waals surface area contributed by atoms with Crippen LogP contribution >= 0.6 is 0 Å². The highest BCUT2D eigenvalue weighted by atomic mass is 19.1. The second-order valence-electron chi connectivity index (χ2n) is 5.78. The van der Waals surface area contributed by atoms with Gasteiger partial charge in [-0.05, 0) is 43.9 Å². The van der Waals surface area contributed by atoms with Crippen molar-refractivity contribution < 1.29 is 18.7 Å². The minimum atomic E-state index is -0.488. The number of likely N-dealkylation sites (N-methyl/N-ethyl adjacent to an activating group) is 1. The maximum absolute atomic E-state index is 13.5. The van der Waals surface area contributed by atoms with Gasteiger partial charge in [0, 0.05) is 6.54 Å². The second-order valence-corrected chi connectivity index (χ2v) is 5.78. The van der Waals surface area contributed by atoms with Gasteiger partial charge in [0.1, 0.15) is 5.75 Å². The predicted molar refractivity (Wildman–Crippen MR) is 94.3 cm³/mol. The van der Waals surface area contributed by atoms with E-state index < -0.39 is 5.82 Å². The number of methoxy groups -OCH3 is 1. The molecule has 0 aliphatic carbocycles. The first-order valence-corrected chi connectivity index (χ1v) is 7.95. The summed E-state index contributed by atoms with van der Waals surface area (Å²) in [4.78, 5) is 14.0. The molecule has 5 nitrogen and oxygen atoms in total. The summed E-state index contributed by atoms with van der Waals surface area (Å²) in [6.45, 7) is 0.166. The van der Waals surface area contributed by atoms with Crippen molar-refractivity contribution in [3.05, 3.63) is 59.9 Å². The van der Waals surface area contributed by atoms with Crippen LogP contribution in [0, 0.1) is 5.82 Å². The first-order valence-electron chi connectivity index (χ1n) is 7.95. The molecule has 0 bridgehead atoms. The number of carbonyl (C=O) groups excluding carboxylic acids is 1. The minimum absolute atomic E-state index is 0.0208. The van der Waals surface area contributed by atoms with Crippen LogP contribution in [0.2, 0.25) is 0 Å². The number of carbonyl (C=O) groups is 1. The minimum Gasteiger partial charge on any atom is -0.497 e. The van der Waals surface area contributed by atoms with Crippen LogP contribution in [-0.4, -0.2) is 45.2 Å². The molecule has 0 aromatic heterocycles. The lowest BCUT2D eigenvalue weighted by Crippen LogP contribution is -2.36. The van der Waals surface area contributed by atoms with Crippen LogP contribution in [0.3, 0.4) is 0 Å². The summed E-state index contributed by atoms with van der Waals surface area (Å²) in [5.41, 5.74) is 1.03. The van der Waals surface area contributed by atoms with Crippen LogP contribution in [0.4, 0.5) is 4.39 Å². The van der Waals surface area contributed by atoms with E-state index >= 15 is 0 Å². The quantitative estimate of drug-likeness (QED) is 0.798. The molecular weight excluding hydrogens is 323 g/mol. The SMILES string of the molecule is COc1cccc(C(CNC(=O)COc2ccccc2F)N(C)C)c1. The molecule has 0 aliphatic heterocycles. The number of benzene rings is 2.